The summed E-state index contributed by atoms with van der Waals surface area (Å²) < 4.78 is 40.4. The average molecular weight is 620 g/mol. The molecule has 244 valence electrons. The molecule has 0 aromatic carbocycles. The van der Waals surface area contributed by atoms with E-state index < -0.39 is 22.8 Å². The van der Waals surface area contributed by atoms with Crippen molar-refractivity contribution in [1.82, 2.24) is 26.4 Å². The summed E-state index contributed by atoms with van der Waals surface area (Å²) in [6.45, 7) is 7.84. The molecule has 1 unspecified atom stereocenters. The molecule has 7 nitrogen and oxygen atoms in total. The minimum atomic E-state index is -4.36. The molecule has 42 heavy (non-hydrogen) atoms. The minimum absolute atomic E-state index is 0.110. The highest BCUT2D eigenvalue weighted by Crippen LogP contribution is 2.34. The average Bonchev–Trinajstić information content (AvgIpc) is 3.74. The quantitative estimate of drug-likeness (QED) is 0.0678. The van der Waals surface area contributed by atoms with Gasteiger partial charge in [0.1, 0.15) is 0 Å². The van der Waals surface area contributed by atoms with Gasteiger partial charge in [0.2, 0.25) is 5.91 Å². The lowest BCUT2D eigenvalue weighted by Crippen LogP contribution is -2.33. The Bertz CT molecular complexity index is 888. The Labute approximate surface area is 254 Å². The van der Waals surface area contributed by atoms with E-state index in [4.69, 9.17) is 0 Å². The second kappa shape index (κ2) is 24.9. The zero-order valence-electron chi connectivity index (χ0n) is 27.1. The Morgan fingerprint density at radius 1 is 1.14 bits per heavy atom. The van der Waals surface area contributed by atoms with Crippen molar-refractivity contribution >= 4 is 15.9 Å². The maximum Gasteiger partial charge on any atom is 0.422 e. The van der Waals surface area contributed by atoms with E-state index in [0.717, 1.165) is 42.7 Å². The molecule has 1 aliphatic rings. The topological polar surface area (TPSA) is 87.6 Å². The summed E-state index contributed by atoms with van der Waals surface area (Å²) in [5, 5.41) is 11.1. The maximum atomic E-state index is 12.2. The third-order valence-corrected chi connectivity index (χ3v) is 5.97. The molecule has 1 atom stereocenters. The molecule has 0 spiro atoms. The van der Waals surface area contributed by atoms with E-state index in [1.165, 1.54) is 6.08 Å². The summed E-state index contributed by atoms with van der Waals surface area (Å²) in [5.74, 6) is 0.961. The Morgan fingerprint density at radius 2 is 1.81 bits per heavy atom. The first kappa shape index (κ1) is 41.5. The van der Waals surface area contributed by atoms with Crippen LogP contribution in [0, 0.1) is 0 Å². The molecular weight excluding hydrogens is 563 g/mol. The number of halogens is 3. The Balaban J connectivity index is 0. The lowest BCUT2D eigenvalue weighted by molar-refractivity contribution is -0.161. The number of amides is 1. The highest BCUT2D eigenvalue weighted by atomic mass is 32.3. The van der Waals surface area contributed by atoms with Gasteiger partial charge in [-0.2, -0.15) is 13.2 Å². The molecule has 1 fully saturated rings. The monoisotopic (exact) mass is 619 g/mol. The van der Waals surface area contributed by atoms with Crippen molar-refractivity contribution < 1.29 is 22.7 Å². The van der Waals surface area contributed by atoms with Crippen LogP contribution in [0.5, 0.6) is 0 Å². The zero-order valence-corrected chi connectivity index (χ0v) is 27.9. The van der Waals surface area contributed by atoms with Crippen LogP contribution in [-0.2, 0) is 9.53 Å². The van der Waals surface area contributed by atoms with Crippen LogP contribution in [0.3, 0.4) is 0 Å². The molecule has 0 aromatic heterocycles. The van der Waals surface area contributed by atoms with Crippen molar-refractivity contribution in [3.05, 3.63) is 72.3 Å². The van der Waals surface area contributed by atoms with E-state index >= 15 is 0 Å². The van der Waals surface area contributed by atoms with Crippen molar-refractivity contribution in [3.63, 3.8) is 0 Å². The van der Waals surface area contributed by atoms with E-state index in [1.807, 2.05) is 66.3 Å². The lowest BCUT2D eigenvalue weighted by atomic mass is 10.1. The van der Waals surface area contributed by atoms with Gasteiger partial charge in [-0.1, -0.05) is 57.2 Å². The third kappa shape index (κ3) is 28.9. The van der Waals surface area contributed by atoms with Crippen molar-refractivity contribution in [2.24, 2.45) is 0 Å². The number of hydrazine groups is 1. The van der Waals surface area contributed by atoms with Gasteiger partial charge in [-0.3, -0.25) is 4.79 Å². The van der Waals surface area contributed by atoms with Gasteiger partial charge in [0.05, 0.1) is 18.6 Å². The van der Waals surface area contributed by atoms with Gasteiger partial charge >= 0.3 is 6.18 Å². The number of hydrogen-bond donors (Lipinski definition) is 4. The van der Waals surface area contributed by atoms with Crippen LogP contribution in [-0.4, -0.2) is 81.6 Å². The standard InChI is InChI=1S/C21H29F3N2O2.C8H21N3S.C2H6/c1-3-7-17(9-5-11-19-15-25-19)13-20(27)26-14-18(8-4-2)10-6-12-28-16-21(22,23)24;1-9-6-7-11(10-2)8-12(3,4)5;1-2/h4-10,12,19,25H,3,11,13-16H2,1-2H3,(H,26,27);6-7,9-10H,8H2,1-5H3;1-2H3/b8-4-,9-5-,12-6+,17-7+,18-10+;7-6-;. The maximum absolute atomic E-state index is 12.2. The highest BCUT2D eigenvalue weighted by Gasteiger charge is 2.27. The molecule has 1 rings (SSSR count). The molecule has 1 aliphatic heterocycles. The molecule has 0 saturated carbocycles. The van der Waals surface area contributed by atoms with Crippen LogP contribution < -0.4 is 21.4 Å². The number of nitrogens with zero attached hydrogens (tertiary/aromatic N) is 1. The molecule has 1 amide bonds. The predicted octanol–water partition coefficient (Wildman–Crippen LogP) is 6.13. The molecule has 1 heterocycles. The summed E-state index contributed by atoms with van der Waals surface area (Å²) >= 11 is 0. The second-order valence-corrected chi connectivity index (χ2v) is 14.3. The number of allylic oxidation sites excluding steroid dienone is 5. The second-order valence-electron chi connectivity index (χ2n) is 9.90. The van der Waals surface area contributed by atoms with E-state index in [-0.39, 0.29) is 18.9 Å². The lowest BCUT2D eigenvalue weighted by Gasteiger charge is -2.32. The summed E-state index contributed by atoms with van der Waals surface area (Å²) in [6.07, 6.45) is 22.2. The highest BCUT2D eigenvalue weighted by molar-refractivity contribution is 8.32. The van der Waals surface area contributed by atoms with Gasteiger partial charge < -0.3 is 25.7 Å². The smallest absolute Gasteiger partial charge is 0.422 e. The van der Waals surface area contributed by atoms with E-state index in [9.17, 15) is 18.0 Å². The fourth-order valence-corrected chi connectivity index (χ4v) is 4.11. The molecule has 0 aliphatic carbocycles. The van der Waals surface area contributed by atoms with E-state index in [0.29, 0.717) is 6.04 Å². The predicted molar refractivity (Wildman–Crippen MR) is 176 cm³/mol. The fourth-order valence-electron chi connectivity index (χ4n) is 3.06. The first-order valence-corrected chi connectivity index (χ1v) is 17.3. The number of rotatable bonds is 17. The zero-order chi connectivity index (χ0) is 32.4. The Hall–Kier alpha value is -2.63. The molecule has 11 heteroatoms. The van der Waals surface area contributed by atoms with Crippen molar-refractivity contribution in [1.29, 1.82) is 0 Å². The number of hydrogen-bond acceptors (Lipinski definition) is 6. The third-order valence-electron chi connectivity index (χ3n) is 4.91. The van der Waals surface area contributed by atoms with Crippen molar-refractivity contribution in [2.75, 3.05) is 58.4 Å². The van der Waals surface area contributed by atoms with Crippen LogP contribution in [0.1, 0.15) is 47.0 Å². The number of alkyl halides is 3. The van der Waals surface area contributed by atoms with Gasteiger partial charge in [-0.15, -0.1) is 0 Å². The molecule has 0 bridgehead atoms. The van der Waals surface area contributed by atoms with Gasteiger partial charge in [-0.05, 0) is 55.8 Å². The first-order valence-electron chi connectivity index (χ1n) is 14.3. The molecule has 0 radical (unpaired) electrons. The van der Waals surface area contributed by atoms with Crippen LogP contribution in [0.4, 0.5) is 13.2 Å². The minimum Gasteiger partial charge on any atom is -0.492 e. The number of carbonyl (C=O) groups is 1. The molecule has 1 saturated heterocycles. The largest absolute Gasteiger partial charge is 0.492 e. The fraction of sp³-hybridized carbons (Fsp3) is 0.581. The van der Waals surface area contributed by atoms with Gasteiger partial charge in [0, 0.05) is 45.6 Å². The van der Waals surface area contributed by atoms with Gasteiger partial charge in [0.15, 0.2) is 6.61 Å². The van der Waals surface area contributed by atoms with Gasteiger partial charge in [0.25, 0.3) is 0 Å². The molecule has 4 N–H and O–H groups in total. The number of nitrogens with one attached hydrogen (secondary N) is 4. The Morgan fingerprint density at radius 3 is 2.31 bits per heavy atom. The number of ether oxygens (including phenoxy) is 1. The molecular formula is C31H56F3N5O2S. The first-order chi connectivity index (χ1) is 19.8. The van der Waals surface area contributed by atoms with E-state index in [2.05, 4.69) is 56.0 Å². The van der Waals surface area contributed by atoms with Crippen LogP contribution in [0.25, 0.3) is 0 Å². The summed E-state index contributed by atoms with van der Waals surface area (Å²) in [4.78, 5) is 12.2. The van der Waals surface area contributed by atoms with Crippen molar-refractivity contribution in [3.8, 4) is 0 Å². The molecule has 0 aromatic rings. The van der Waals surface area contributed by atoms with Gasteiger partial charge in [-0.25, -0.2) is 15.5 Å². The van der Waals surface area contributed by atoms with E-state index in [1.54, 1.807) is 18.2 Å². The summed E-state index contributed by atoms with van der Waals surface area (Å²) in [5.41, 5.74) is 4.84. The normalized spacial score (nSPS) is 16.2. The van der Waals surface area contributed by atoms with Crippen LogP contribution in [0.2, 0.25) is 0 Å². The summed E-state index contributed by atoms with van der Waals surface area (Å²) in [7, 11) is 3.35. The number of carbonyl (C=O) groups excluding carboxylic acids is 1. The van der Waals surface area contributed by atoms with Crippen LogP contribution >= 0.6 is 10.0 Å². The summed E-state index contributed by atoms with van der Waals surface area (Å²) in [6, 6.07) is 0.564. The van der Waals surface area contributed by atoms with Crippen LogP contribution in [0.15, 0.2) is 72.3 Å². The SMILES string of the molecule is CC.CN/C=C\N(CS(C)(C)C)NC.C\C=C/C(=C\C=C\OCC(F)(F)F)CNC(=O)CC(/C=C\CC1CN1)=C/CC. The Kier molecular flexibility index (Phi) is 24.6. The van der Waals surface area contributed by atoms with Crippen molar-refractivity contribution in [2.45, 2.75) is 59.2 Å².